The summed E-state index contributed by atoms with van der Waals surface area (Å²) in [4.78, 5) is 0.434. The smallest absolute Gasteiger partial charge is 0.000721 e. The van der Waals surface area contributed by atoms with Crippen LogP contribution in [-0.4, -0.2) is 4.90 Å². The van der Waals surface area contributed by atoms with E-state index in [1.165, 1.54) is 25.7 Å². The Bertz CT molecular complexity index is 61.3. The molecule has 0 saturated carbocycles. The molecule has 0 heterocycles. The molecule has 56 valence electrons. The van der Waals surface area contributed by atoms with Crippen LogP contribution in [0, 0.1) is 0 Å². The Hall–Kier alpha value is 0.860. The molecule has 0 aromatic carbocycles. The molecule has 0 N–H and O–H groups in total. The lowest BCUT2D eigenvalue weighted by Crippen LogP contribution is -2.08. The first kappa shape index (κ1) is 9.86. The van der Waals surface area contributed by atoms with E-state index < -0.39 is 0 Å². The van der Waals surface area contributed by atoms with E-state index in [-0.39, 0.29) is 0 Å². The summed E-state index contributed by atoms with van der Waals surface area (Å²) >= 11 is 0. The zero-order chi connectivity index (χ0) is 7.33. The lowest BCUT2D eigenvalue weighted by Gasteiger charge is -2.22. The molecule has 0 aliphatic heterocycles. The molecule has 2 atom stereocenters. The van der Waals surface area contributed by atoms with Crippen LogP contribution in [0.2, 0.25) is 0 Å². The van der Waals surface area contributed by atoms with Crippen molar-refractivity contribution in [1.82, 2.24) is 0 Å². The van der Waals surface area contributed by atoms with E-state index in [4.69, 9.17) is 0 Å². The topological polar surface area (TPSA) is 0 Å². The fourth-order valence-electron chi connectivity index (χ4n) is 1.06. The Balaban J connectivity index is 3.43. The standard InChI is InChI=1S/C7H18P2/c1-3-5-7(8,9)6-4-2/h3-6,8-9H2,1-2H3. The number of rotatable bonds is 4. The molecule has 0 fully saturated rings. The molecule has 0 nitrogen and oxygen atoms in total. The maximum Gasteiger partial charge on any atom is -0.000721 e. The molecule has 2 unspecified atom stereocenters. The molecule has 0 amide bonds. The summed E-state index contributed by atoms with van der Waals surface area (Å²) in [6.07, 6.45) is 5.17. The monoisotopic (exact) mass is 164 g/mol. The highest BCUT2D eigenvalue weighted by molar-refractivity contribution is 7.39. The van der Waals surface area contributed by atoms with E-state index in [9.17, 15) is 0 Å². The Morgan fingerprint density at radius 1 is 1.00 bits per heavy atom. The van der Waals surface area contributed by atoms with Crippen molar-refractivity contribution in [2.75, 3.05) is 0 Å². The first-order valence-electron chi connectivity index (χ1n) is 3.70. The summed E-state index contributed by atoms with van der Waals surface area (Å²) in [6.45, 7) is 4.47. The van der Waals surface area contributed by atoms with Gasteiger partial charge in [-0.15, -0.1) is 18.5 Å². The van der Waals surface area contributed by atoms with Gasteiger partial charge in [0.15, 0.2) is 0 Å². The summed E-state index contributed by atoms with van der Waals surface area (Å²) in [7, 11) is 5.84. The Labute approximate surface area is 63.6 Å². The number of hydrogen-bond donors (Lipinski definition) is 0. The third-order valence-electron chi connectivity index (χ3n) is 1.43. The third kappa shape index (κ3) is 5.31. The van der Waals surface area contributed by atoms with E-state index >= 15 is 0 Å². The van der Waals surface area contributed by atoms with Gasteiger partial charge in [-0.25, -0.2) is 0 Å². The van der Waals surface area contributed by atoms with E-state index in [1.807, 2.05) is 0 Å². The predicted octanol–water partition coefficient (Wildman–Crippen LogP) is 3.03. The van der Waals surface area contributed by atoms with Gasteiger partial charge in [-0.05, 0) is 17.7 Å². The molecule has 0 spiro atoms. The first-order chi connectivity index (χ1) is 4.12. The van der Waals surface area contributed by atoms with Crippen LogP contribution in [0.3, 0.4) is 0 Å². The molecule has 9 heavy (non-hydrogen) atoms. The minimum absolute atomic E-state index is 0.434. The van der Waals surface area contributed by atoms with Crippen LogP contribution in [0.1, 0.15) is 39.5 Å². The van der Waals surface area contributed by atoms with E-state index in [0.29, 0.717) is 4.90 Å². The molecule has 0 aromatic rings. The summed E-state index contributed by atoms with van der Waals surface area (Å²) in [5.74, 6) is 0. The van der Waals surface area contributed by atoms with Gasteiger partial charge in [0.05, 0.1) is 0 Å². The molecule has 0 aliphatic rings. The van der Waals surface area contributed by atoms with Gasteiger partial charge >= 0.3 is 0 Å². The van der Waals surface area contributed by atoms with Gasteiger partial charge in [0.1, 0.15) is 0 Å². The molecule has 0 rings (SSSR count). The van der Waals surface area contributed by atoms with Crippen LogP contribution in [0.5, 0.6) is 0 Å². The highest BCUT2D eigenvalue weighted by atomic mass is 31.1. The van der Waals surface area contributed by atoms with E-state index in [1.54, 1.807) is 0 Å². The SMILES string of the molecule is CCCC(P)(P)CCC. The predicted molar refractivity (Wildman–Crippen MR) is 52.0 cm³/mol. The van der Waals surface area contributed by atoms with Crippen molar-refractivity contribution in [3.63, 3.8) is 0 Å². The highest BCUT2D eigenvalue weighted by Crippen LogP contribution is 2.36. The fourth-order valence-corrected chi connectivity index (χ4v) is 2.21. The molecular formula is C7H18P2. The molecule has 0 radical (unpaired) electrons. The Morgan fingerprint density at radius 3 is 1.56 bits per heavy atom. The second-order valence-corrected chi connectivity index (χ2v) is 5.70. The van der Waals surface area contributed by atoms with Crippen LogP contribution in [0.4, 0.5) is 0 Å². The summed E-state index contributed by atoms with van der Waals surface area (Å²) in [5.41, 5.74) is 0. The minimum Gasteiger partial charge on any atom is -0.127 e. The van der Waals surface area contributed by atoms with Gasteiger partial charge in [0, 0.05) is 0 Å². The fraction of sp³-hybridized carbons (Fsp3) is 1.00. The van der Waals surface area contributed by atoms with Gasteiger partial charge in [-0.1, -0.05) is 26.7 Å². The van der Waals surface area contributed by atoms with Gasteiger partial charge in [0.2, 0.25) is 0 Å². The Morgan fingerprint density at radius 2 is 1.33 bits per heavy atom. The maximum atomic E-state index is 2.92. The molecule has 0 saturated heterocycles. The minimum atomic E-state index is 0.434. The molecule has 0 bridgehead atoms. The highest BCUT2D eigenvalue weighted by Gasteiger charge is 2.14. The van der Waals surface area contributed by atoms with Crippen LogP contribution < -0.4 is 0 Å². The van der Waals surface area contributed by atoms with Crippen molar-refractivity contribution in [3.8, 4) is 0 Å². The largest absolute Gasteiger partial charge is 0.127 e. The second kappa shape index (κ2) is 4.64. The Kier molecular flexibility index (Phi) is 5.08. The summed E-state index contributed by atoms with van der Waals surface area (Å²) < 4.78 is 0. The van der Waals surface area contributed by atoms with Crippen molar-refractivity contribution in [2.45, 2.75) is 44.4 Å². The average Bonchev–Trinajstić information content (AvgIpc) is 1.64. The summed E-state index contributed by atoms with van der Waals surface area (Å²) in [6, 6.07) is 0. The molecule has 2 heteroatoms. The van der Waals surface area contributed by atoms with Crippen LogP contribution in [-0.2, 0) is 0 Å². The maximum absolute atomic E-state index is 2.92. The van der Waals surface area contributed by atoms with Crippen LogP contribution >= 0.6 is 18.5 Å². The first-order valence-corrected chi connectivity index (χ1v) is 4.85. The average molecular weight is 164 g/mol. The van der Waals surface area contributed by atoms with Crippen molar-refractivity contribution in [2.24, 2.45) is 0 Å². The number of hydrogen-bond acceptors (Lipinski definition) is 0. The second-order valence-electron chi connectivity index (χ2n) is 2.73. The normalized spacial score (nSPS) is 12.0. The van der Waals surface area contributed by atoms with Gasteiger partial charge in [-0.2, -0.15) is 0 Å². The van der Waals surface area contributed by atoms with E-state index in [0.717, 1.165) is 0 Å². The van der Waals surface area contributed by atoms with Crippen molar-refractivity contribution in [1.29, 1.82) is 0 Å². The summed E-state index contributed by atoms with van der Waals surface area (Å²) in [5, 5.41) is 0. The van der Waals surface area contributed by atoms with Crippen molar-refractivity contribution < 1.29 is 0 Å². The van der Waals surface area contributed by atoms with Crippen LogP contribution in [0.25, 0.3) is 0 Å². The van der Waals surface area contributed by atoms with Crippen molar-refractivity contribution >= 4 is 18.5 Å². The lowest BCUT2D eigenvalue weighted by atomic mass is 10.1. The molecule has 0 aliphatic carbocycles. The molecule has 0 aromatic heterocycles. The van der Waals surface area contributed by atoms with Gasteiger partial charge < -0.3 is 0 Å². The quantitative estimate of drug-likeness (QED) is 0.560. The zero-order valence-corrected chi connectivity index (χ0v) is 8.79. The van der Waals surface area contributed by atoms with E-state index in [2.05, 4.69) is 32.3 Å². The molecular weight excluding hydrogens is 146 g/mol. The van der Waals surface area contributed by atoms with Gasteiger partial charge in [-0.3, -0.25) is 0 Å². The van der Waals surface area contributed by atoms with Crippen LogP contribution in [0.15, 0.2) is 0 Å². The lowest BCUT2D eigenvalue weighted by molar-refractivity contribution is 0.633. The third-order valence-corrected chi connectivity index (χ3v) is 2.59. The zero-order valence-electron chi connectivity index (χ0n) is 6.48. The van der Waals surface area contributed by atoms with Gasteiger partial charge in [0.25, 0.3) is 0 Å². The van der Waals surface area contributed by atoms with Crippen molar-refractivity contribution in [3.05, 3.63) is 0 Å².